The first-order valence-corrected chi connectivity index (χ1v) is 4.70. The zero-order valence-electron chi connectivity index (χ0n) is 8.59. The molecule has 2 rings (SSSR count). The molecule has 0 fully saturated rings. The highest BCUT2D eigenvalue weighted by atomic mass is 16.2. The molecule has 0 radical (unpaired) electrons. The molecule has 82 valence electrons. The fraction of sp³-hybridized carbons (Fsp3) is 0. The fourth-order valence-electron chi connectivity index (χ4n) is 1.20. The van der Waals surface area contributed by atoms with Crippen molar-refractivity contribution in [2.45, 2.75) is 0 Å². The maximum Gasteiger partial charge on any atom is 0.225 e. The van der Waals surface area contributed by atoms with E-state index in [2.05, 4.69) is 48.5 Å². The number of rotatable bonds is 3. The van der Waals surface area contributed by atoms with E-state index in [0.29, 0.717) is 12.8 Å². The van der Waals surface area contributed by atoms with Crippen LogP contribution in [0.1, 0.15) is 0 Å². The first-order valence-electron chi connectivity index (χ1n) is 4.70. The molecule has 4 nitrogen and oxygen atoms in total. The van der Waals surface area contributed by atoms with Crippen molar-refractivity contribution in [3.05, 3.63) is 48.5 Å². The number of fused-ring (bicyclic) bond motifs is 1. The molecule has 0 aliphatic rings. The van der Waals surface area contributed by atoms with E-state index in [4.69, 9.17) is 0 Å². The van der Waals surface area contributed by atoms with E-state index >= 15 is 0 Å². The van der Waals surface area contributed by atoms with Crippen LogP contribution < -0.4 is 10.9 Å². The van der Waals surface area contributed by atoms with Gasteiger partial charge in [-0.3, -0.25) is 20.4 Å². The average molecular weight is 216 g/mol. The molecule has 2 N–H and O–H groups in total. The Labute approximate surface area is 93.2 Å². The summed E-state index contributed by atoms with van der Waals surface area (Å²) in [4.78, 5) is 18.5. The van der Waals surface area contributed by atoms with Gasteiger partial charge in [-0.15, -0.1) is 0 Å². The molecule has 0 aliphatic carbocycles. The number of benzene rings is 2. The Bertz CT molecular complexity index is 384. The van der Waals surface area contributed by atoms with Crippen LogP contribution in [-0.2, 0) is 9.59 Å². The van der Waals surface area contributed by atoms with Crippen LogP contribution in [0.25, 0.3) is 10.8 Å². The molecule has 4 heteroatoms. The summed E-state index contributed by atoms with van der Waals surface area (Å²) >= 11 is 0. The molecule has 0 saturated carbocycles. The Balaban J connectivity index is 0.000000187. The van der Waals surface area contributed by atoms with Crippen LogP contribution in [0.3, 0.4) is 0 Å². The summed E-state index contributed by atoms with van der Waals surface area (Å²) in [5, 5.41) is 2.62. The topological polar surface area (TPSA) is 58.2 Å². The zero-order valence-corrected chi connectivity index (χ0v) is 8.59. The fourth-order valence-corrected chi connectivity index (χ4v) is 1.20. The van der Waals surface area contributed by atoms with Crippen LogP contribution in [0.4, 0.5) is 0 Å². The number of carbonyl (C=O) groups excluding carboxylic acids is 2. The Hall–Kier alpha value is -2.36. The van der Waals surface area contributed by atoms with Gasteiger partial charge in [0.2, 0.25) is 12.8 Å². The van der Waals surface area contributed by atoms with Crippen molar-refractivity contribution in [1.29, 1.82) is 0 Å². The number of hydrogen-bond acceptors (Lipinski definition) is 2. The SMILES string of the molecule is O=CNNC=O.c1ccc2ccccc2c1. The summed E-state index contributed by atoms with van der Waals surface area (Å²) in [5.41, 5.74) is 3.80. The van der Waals surface area contributed by atoms with E-state index in [1.54, 1.807) is 0 Å². The first kappa shape index (κ1) is 11.7. The second-order valence-electron chi connectivity index (χ2n) is 2.87. The molecule has 2 aromatic carbocycles. The maximum absolute atomic E-state index is 9.23. The van der Waals surface area contributed by atoms with Crippen LogP contribution in [0.15, 0.2) is 48.5 Å². The van der Waals surface area contributed by atoms with E-state index in [0.717, 1.165) is 0 Å². The number of amides is 2. The highest BCUT2D eigenvalue weighted by molar-refractivity contribution is 5.81. The van der Waals surface area contributed by atoms with Gasteiger partial charge in [-0.1, -0.05) is 48.5 Å². The van der Waals surface area contributed by atoms with Gasteiger partial charge in [0.1, 0.15) is 0 Å². The molecule has 0 aromatic heterocycles. The van der Waals surface area contributed by atoms with Crippen molar-refractivity contribution in [2.75, 3.05) is 0 Å². The van der Waals surface area contributed by atoms with Crippen molar-refractivity contribution in [3.63, 3.8) is 0 Å². The van der Waals surface area contributed by atoms with Gasteiger partial charge in [-0.25, -0.2) is 0 Å². The molecule has 0 atom stereocenters. The second-order valence-corrected chi connectivity index (χ2v) is 2.87. The van der Waals surface area contributed by atoms with Crippen molar-refractivity contribution in [2.24, 2.45) is 0 Å². The van der Waals surface area contributed by atoms with E-state index < -0.39 is 0 Å². The van der Waals surface area contributed by atoms with Gasteiger partial charge in [0.05, 0.1) is 0 Å². The number of hydrazine groups is 1. The lowest BCUT2D eigenvalue weighted by Crippen LogP contribution is -2.28. The Morgan fingerprint density at radius 1 is 0.688 bits per heavy atom. The lowest BCUT2D eigenvalue weighted by atomic mass is 10.1. The Morgan fingerprint density at radius 2 is 1.00 bits per heavy atom. The maximum atomic E-state index is 9.23. The van der Waals surface area contributed by atoms with Crippen LogP contribution in [-0.4, -0.2) is 12.8 Å². The monoisotopic (exact) mass is 216 g/mol. The summed E-state index contributed by atoms with van der Waals surface area (Å²) in [6, 6.07) is 16.7. The van der Waals surface area contributed by atoms with Crippen molar-refractivity contribution in [3.8, 4) is 0 Å². The quantitative estimate of drug-likeness (QED) is 0.460. The third-order valence-electron chi connectivity index (χ3n) is 1.86. The highest BCUT2D eigenvalue weighted by Crippen LogP contribution is 2.11. The summed E-state index contributed by atoms with van der Waals surface area (Å²) < 4.78 is 0. The molecule has 0 spiro atoms. The Morgan fingerprint density at radius 3 is 1.25 bits per heavy atom. The smallest absolute Gasteiger partial charge is 0.225 e. The molecule has 0 bridgehead atoms. The predicted molar refractivity (Wildman–Crippen MR) is 62.3 cm³/mol. The van der Waals surface area contributed by atoms with Gasteiger partial charge in [-0.05, 0) is 10.8 Å². The van der Waals surface area contributed by atoms with Gasteiger partial charge in [0, 0.05) is 0 Å². The van der Waals surface area contributed by atoms with E-state index in [9.17, 15) is 9.59 Å². The molecule has 0 aliphatic heterocycles. The van der Waals surface area contributed by atoms with Crippen LogP contribution >= 0.6 is 0 Å². The minimum Gasteiger partial charge on any atom is -0.277 e. The highest BCUT2D eigenvalue weighted by Gasteiger charge is 1.85. The van der Waals surface area contributed by atoms with Crippen molar-refractivity contribution < 1.29 is 9.59 Å². The summed E-state index contributed by atoms with van der Waals surface area (Å²) in [6.45, 7) is 0. The van der Waals surface area contributed by atoms with Crippen LogP contribution in [0.2, 0.25) is 0 Å². The van der Waals surface area contributed by atoms with E-state index in [1.807, 2.05) is 10.9 Å². The predicted octanol–water partition coefficient (Wildman–Crippen LogP) is 1.23. The molecule has 16 heavy (non-hydrogen) atoms. The van der Waals surface area contributed by atoms with Crippen LogP contribution in [0, 0.1) is 0 Å². The molecule has 0 saturated heterocycles. The minimum absolute atomic E-state index is 0.369. The molecule has 0 heterocycles. The van der Waals surface area contributed by atoms with Gasteiger partial charge >= 0.3 is 0 Å². The molecule has 2 amide bonds. The normalized spacial score (nSPS) is 8.50. The molecule has 2 aromatic rings. The van der Waals surface area contributed by atoms with Gasteiger partial charge in [0.25, 0.3) is 0 Å². The summed E-state index contributed by atoms with van der Waals surface area (Å²) in [6.07, 6.45) is 0.739. The first-order chi connectivity index (χ1) is 7.88. The third-order valence-corrected chi connectivity index (χ3v) is 1.86. The van der Waals surface area contributed by atoms with Crippen molar-refractivity contribution in [1.82, 2.24) is 10.9 Å². The van der Waals surface area contributed by atoms with Gasteiger partial charge < -0.3 is 0 Å². The Kier molecular flexibility index (Phi) is 5.13. The van der Waals surface area contributed by atoms with E-state index in [-0.39, 0.29) is 0 Å². The van der Waals surface area contributed by atoms with E-state index in [1.165, 1.54) is 10.8 Å². The average Bonchev–Trinajstić information content (AvgIpc) is 2.37. The largest absolute Gasteiger partial charge is 0.277 e. The summed E-state index contributed by atoms with van der Waals surface area (Å²) in [7, 11) is 0. The zero-order chi connectivity index (χ0) is 11.6. The molecular weight excluding hydrogens is 204 g/mol. The van der Waals surface area contributed by atoms with Crippen LogP contribution in [0.5, 0.6) is 0 Å². The molecular formula is C12H12N2O2. The number of carbonyl (C=O) groups is 2. The van der Waals surface area contributed by atoms with Gasteiger partial charge in [-0.2, -0.15) is 0 Å². The minimum atomic E-state index is 0.369. The molecule has 0 unspecified atom stereocenters. The number of nitrogens with one attached hydrogen (secondary N) is 2. The second kappa shape index (κ2) is 7.00. The lowest BCUT2D eigenvalue weighted by molar-refractivity contribution is -0.116. The van der Waals surface area contributed by atoms with Gasteiger partial charge in [0.15, 0.2) is 0 Å². The number of hydrogen-bond donors (Lipinski definition) is 2. The third kappa shape index (κ3) is 3.79. The summed E-state index contributed by atoms with van der Waals surface area (Å²) in [5.74, 6) is 0. The van der Waals surface area contributed by atoms with Crippen molar-refractivity contribution >= 4 is 23.6 Å². The lowest BCUT2D eigenvalue weighted by Gasteiger charge is -1.92. The standard InChI is InChI=1S/C10H8.C2H4N2O2/c1-2-6-10-8-4-3-7-9(10)5-1;5-1-3-4-2-6/h1-8H;1-2H,(H,3,5)(H,4,6).